The highest BCUT2D eigenvalue weighted by Crippen LogP contribution is 2.21. The van der Waals surface area contributed by atoms with Gasteiger partial charge in [0.05, 0.1) is 4.88 Å². The summed E-state index contributed by atoms with van der Waals surface area (Å²) in [5.41, 5.74) is 0.248. The Kier molecular flexibility index (Phi) is 5.57. The molecule has 0 fully saturated rings. The fraction of sp³-hybridized carbons (Fsp3) is 0.143. The summed E-state index contributed by atoms with van der Waals surface area (Å²) in [6.07, 6.45) is 0. The van der Waals surface area contributed by atoms with E-state index in [1.54, 1.807) is 56.3 Å². The monoisotopic (exact) mass is 380 g/mol. The van der Waals surface area contributed by atoms with E-state index in [1.165, 1.54) is 11.3 Å². The number of anilines is 2. The minimum atomic E-state index is -1.03. The summed E-state index contributed by atoms with van der Waals surface area (Å²) in [5, 5.41) is 7.51. The molecule has 2 aromatic carbocycles. The molecule has 6 heteroatoms. The summed E-state index contributed by atoms with van der Waals surface area (Å²) in [5.74, 6) is 0.213. The first-order valence-corrected chi connectivity index (χ1v) is 9.32. The van der Waals surface area contributed by atoms with Crippen molar-refractivity contribution in [3.05, 3.63) is 77.0 Å². The molecule has 0 bridgehead atoms. The predicted molar refractivity (Wildman–Crippen MR) is 108 cm³/mol. The van der Waals surface area contributed by atoms with E-state index < -0.39 is 5.60 Å². The Labute approximate surface area is 162 Å². The van der Waals surface area contributed by atoms with Crippen molar-refractivity contribution in [2.45, 2.75) is 19.4 Å². The van der Waals surface area contributed by atoms with Crippen molar-refractivity contribution in [3.63, 3.8) is 0 Å². The quantitative estimate of drug-likeness (QED) is 0.646. The highest BCUT2D eigenvalue weighted by Gasteiger charge is 2.30. The number of hydrogen-bond acceptors (Lipinski definition) is 4. The van der Waals surface area contributed by atoms with Gasteiger partial charge in [-0.2, -0.15) is 0 Å². The zero-order valence-electron chi connectivity index (χ0n) is 15.1. The smallest absolute Gasteiger partial charge is 0.267 e. The number of carbonyl (C=O) groups excluding carboxylic acids is 2. The molecule has 3 aromatic rings. The number of hydrogen-bond donors (Lipinski definition) is 2. The summed E-state index contributed by atoms with van der Waals surface area (Å²) in [6.45, 7) is 3.43. The van der Waals surface area contributed by atoms with Gasteiger partial charge in [-0.3, -0.25) is 9.59 Å². The van der Waals surface area contributed by atoms with E-state index in [-0.39, 0.29) is 11.8 Å². The number of carbonyl (C=O) groups is 2. The molecule has 0 atom stereocenters. The Bertz CT molecular complexity index is 904. The van der Waals surface area contributed by atoms with Crippen molar-refractivity contribution in [3.8, 4) is 5.75 Å². The van der Waals surface area contributed by atoms with Gasteiger partial charge in [-0.15, -0.1) is 11.3 Å². The Morgan fingerprint density at radius 2 is 1.48 bits per heavy atom. The fourth-order valence-corrected chi connectivity index (χ4v) is 2.97. The van der Waals surface area contributed by atoms with Gasteiger partial charge in [0.25, 0.3) is 11.8 Å². The van der Waals surface area contributed by atoms with Gasteiger partial charge in [-0.1, -0.05) is 24.3 Å². The number of ether oxygens (including phenoxy) is 1. The Morgan fingerprint density at radius 1 is 0.852 bits per heavy atom. The summed E-state index contributed by atoms with van der Waals surface area (Å²) < 4.78 is 5.79. The molecule has 0 saturated carbocycles. The van der Waals surface area contributed by atoms with Crippen LogP contribution in [0.25, 0.3) is 0 Å². The minimum Gasteiger partial charge on any atom is -0.478 e. The molecule has 0 saturated heterocycles. The molecular formula is C21H20N2O3S. The molecule has 0 radical (unpaired) electrons. The van der Waals surface area contributed by atoms with Crippen LogP contribution in [0.1, 0.15) is 23.5 Å². The maximum absolute atomic E-state index is 12.6. The van der Waals surface area contributed by atoms with Crippen LogP contribution in [-0.4, -0.2) is 17.4 Å². The van der Waals surface area contributed by atoms with Crippen LogP contribution < -0.4 is 15.4 Å². The van der Waals surface area contributed by atoms with Crippen LogP contribution in [0.15, 0.2) is 72.1 Å². The maximum Gasteiger partial charge on any atom is 0.267 e. The average Bonchev–Trinajstić information content (AvgIpc) is 3.18. The lowest BCUT2D eigenvalue weighted by molar-refractivity contribution is -0.128. The molecule has 3 rings (SSSR count). The normalized spacial score (nSPS) is 10.9. The first-order valence-electron chi connectivity index (χ1n) is 8.44. The average molecular weight is 380 g/mol. The summed E-state index contributed by atoms with van der Waals surface area (Å²) in [6, 6.07) is 19.8. The largest absolute Gasteiger partial charge is 0.478 e. The van der Waals surface area contributed by atoms with Gasteiger partial charge >= 0.3 is 0 Å². The zero-order valence-corrected chi connectivity index (χ0v) is 15.9. The molecule has 0 unspecified atom stereocenters. The summed E-state index contributed by atoms with van der Waals surface area (Å²) in [4.78, 5) is 25.3. The van der Waals surface area contributed by atoms with E-state index >= 15 is 0 Å². The lowest BCUT2D eigenvalue weighted by Crippen LogP contribution is -2.42. The SMILES string of the molecule is CC(C)(Oc1ccccc1)C(=O)Nc1ccc(NC(=O)c2cccs2)cc1. The van der Waals surface area contributed by atoms with E-state index in [2.05, 4.69) is 10.6 Å². The number of rotatable bonds is 6. The molecule has 138 valence electrons. The third-order valence-corrected chi connectivity index (χ3v) is 4.68. The van der Waals surface area contributed by atoms with E-state index in [1.807, 2.05) is 29.6 Å². The van der Waals surface area contributed by atoms with Gasteiger partial charge in [-0.25, -0.2) is 0 Å². The van der Waals surface area contributed by atoms with Crippen molar-refractivity contribution < 1.29 is 14.3 Å². The first-order chi connectivity index (χ1) is 12.9. The van der Waals surface area contributed by atoms with Crippen molar-refractivity contribution >= 4 is 34.5 Å². The lowest BCUT2D eigenvalue weighted by Gasteiger charge is -2.25. The predicted octanol–water partition coefficient (Wildman–Crippen LogP) is 4.80. The number of nitrogens with one attached hydrogen (secondary N) is 2. The van der Waals surface area contributed by atoms with Crippen molar-refractivity contribution in [2.24, 2.45) is 0 Å². The van der Waals surface area contributed by atoms with Crippen LogP contribution in [0.4, 0.5) is 11.4 Å². The third kappa shape index (κ3) is 4.95. The minimum absolute atomic E-state index is 0.154. The van der Waals surface area contributed by atoms with Crippen LogP contribution in [0.5, 0.6) is 5.75 Å². The van der Waals surface area contributed by atoms with Crippen LogP contribution in [0.2, 0.25) is 0 Å². The lowest BCUT2D eigenvalue weighted by atomic mass is 10.1. The molecule has 0 aliphatic heterocycles. The highest BCUT2D eigenvalue weighted by atomic mass is 32.1. The van der Waals surface area contributed by atoms with Crippen molar-refractivity contribution in [1.29, 1.82) is 0 Å². The Morgan fingerprint density at radius 3 is 2.07 bits per heavy atom. The highest BCUT2D eigenvalue weighted by molar-refractivity contribution is 7.12. The second-order valence-electron chi connectivity index (χ2n) is 6.39. The number of thiophene rings is 1. The van der Waals surface area contributed by atoms with Crippen molar-refractivity contribution in [1.82, 2.24) is 0 Å². The maximum atomic E-state index is 12.6. The molecule has 0 aliphatic carbocycles. The molecular weight excluding hydrogens is 360 g/mol. The third-order valence-electron chi connectivity index (χ3n) is 3.81. The molecule has 0 spiro atoms. The number of benzene rings is 2. The standard InChI is InChI=1S/C21H20N2O3S/c1-21(2,26-17-7-4-3-5-8-17)20(25)23-16-12-10-15(11-13-16)22-19(24)18-9-6-14-27-18/h3-14H,1-2H3,(H,22,24)(H,23,25). The molecule has 5 nitrogen and oxygen atoms in total. The molecule has 27 heavy (non-hydrogen) atoms. The van der Waals surface area contributed by atoms with Gasteiger partial charge in [0, 0.05) is 11.4 Å². The molecule has 1 heterocycles. The van der Waals surface area contributed by atoms with Gasteiger partial charge in [0.15, 0.2) is 5.60 Å². The van der Waals surface area contributed by atoms with E-state index in [0.29, 0.717) is 22.0 Å². The van der Waals surface area contributed by atoms with Crippen LogP contribution in [0.3, 0.4) is 0 Å². The second kappa shape index (κ2) is 8.05. The van der Waals surface area contributed by atoms with Crippen LogP contribution in [-0.2, 0) is 4.79 Å². The Balaban J connectivity index is 1.60. The molecule has 2 N–H and O–H groups in total. The van der Waals surface area contributed by atoms with Crippen LogP contribution >= 0.6 is 11.3 Å². The number of amides is 2. The fourth-order valence-electron chi connectivity index (χ4n) is 2.35. The van der Waals surface area contributed by atoms with Gasteiger partial charge in [0.1, 0.15) is 5.75 Å². The summed E-state index contributed by atoms with van der Waals surface area (Å²) in [7, 11) is 0. The Hall–Kier alpha value is -3.12. The van der Waals surface area contributed by atoms with E-state index in [9.17, 15) is 9.59 Å². The second-order valence-corrected chi connectivity index (χ2v) is 7.34. The van der Waals surface area contributed by atoms with Gasteiger partial charge in [-0.05, 0) is 61.7 Å². The summed E-state index contributed by atoms with van der Waals surface area (Å²) >= 11 is 1.38. The van der Waals surface area contributed by atoms with E-state index in [0.717, 1.165) is 0 Å². The topological polar surface area (TPSA) is 67.4 Å². The van der Waals surface area contributed by atoms with Crippen LogP contribution in [0, 0.1) is 0 Å². The molecule has 2 amide bonds. The van der Waals surface area contributed by atoms with Gasteiger partial charge < -0.3 is 15.4 Å². The molecule has 0 aliphatic rings. The molecule has 1 aromatic heterocycles. The zero-order chi connectivity index (χ0) is 19.3. The number of para-hydroxylation sites is 1. The van der Waals surface area contributed by atoms with Gasteiger partial charge in [0.2, 0.25) is 0 Å². The van der Waals surface area contributed by atoms with Crippen molar-refractivity contribution in [2.75, 3.05) is 10.6 Å². The van der Waals surface area contributed by atoms with E-state index in [4.69, 9.17) is 4.74 Å². The first kappa shape index (κ1) is 18.7.